The monoisotopic (exact) mass is 276 g/mol. The Balaban J connectivity index is 2.05. The maximum atomic E-state index is 12.3. The second kappa shape index (κ2) is 5.83. The lowest BCUT2D eigenvalue weighted by Crippen LogP contribution is -2.50. The van der Waals surface area contributed by atoms with E-state index < -0.39 is 5.54 Å². The predicted octanol–water partition coefficient (Wildman–Crippen LogP) is 2.03. The van der Waals surface area contributed by atoms with Gasteiger partial charge in [0, 0.05) is 24.8 Å². The summed E-state index contributed by atoms with van der Waals surface area (Å²) >= 11 is 0. The number of carbonyl (C=O) groups is 1. The molecule has 1 aliphatic carbocycles. The number of carbonyl (C=O) groups excluding carboxylic acids is 1. The molecule has 20 heavy (non-hydrogen) atoms. The molecule has 0 aromatic heterocycles. The second-order valence-corrected chi connectivity index (χ2v) is 5.87. The summed E-state index contributed by atoms with van der Waals surface area (Å²) < 4.78 is 0. The molecule has 0 radical (unpaired) electrons. The molecule has 0 heterocycles. The highest BCUT2D eigenvalue weighted by atomic mass is 16.3. The van der Waals surface area contributed by atoms with E-state index in [1.165, 1.54) is 0 Å². The molecule has 0 aliphatic heterocycles. The molecule has 1 aromatic carbocycles. The average Bonchev–Trinajstić information content (AvgIpc) is 3.31. The van der Waals surface area contributed by atoms with Gasteiger partial charge >= 0.3 is 0 Å². The number of benzene rings is 1. The molecule has 1 aliphatic rings. The van der Waals surface area contributed by atoms with Crippen LogP contribution in [0.4, 0.5) is 5.69 Å². The lowest BCUT2D eigenvalue weighted by molar-refractivity contribution is 0.0824. The van der Waals surface area contributed by atoms with Crippen molar-refractivity contribution in [3.8, 4) is 0 Å². The Morgan fingerprint density at radius 3 is 2.45 bits per heavy atom. The van der Waals surface area contributed by atoms with Gasteiger partial charge in [-0.05, 0) is 56.9 Å². The lowest BCUT2D eigenvalue weighted by Gasteiger charge is -2.28. The molecule has 0 bridgehead atoms. The summed E-state index contributed by atoms with van der Waals surface area (Å²) in [5.41, 5.74) is 1.24. The highest BCUT2D eigenvalue weighted by Crippen LogP contribution is 2.39. The molecule has 1 atom stereocenters. The minimum atomic E-state index is -0.490. The van der Waals surface area contributed by atoms with Gasteiger partial charge < -0.3 is 15.3 Å². The van der Waals surface area contributed by atoms with Gasteiger partial charge in [0.2, 0.25) is 0 Å². The Hall–Kier alpha value is -1.55. The van der Waals surface area contributed by atoms with Crippen molar-refractivity contribution >= 4 is 11.6 Å². The number of aliphatic hydroxyl groups excluding tert-OH is 1. The third-order valence-electron chi connectivity index (χ3n) is 4.25. The number of amides is 1. The largest absolute Gasteiger partial charge is 0.394 e. The van der Waals surface area contributed by atoms with Crippen LogP contribution in [0.25, 0.3) is 0 Å². The summed E-state index contributed by atoms with van der Waals surface area (Å²) in [4.78, 5) is 14.4. The maximum Gasteiger partial charge on any atom is 0.251 e. The summed E-state index contributed by atoms with van der Waals surface area (Å²) in [7, 11) is 2.02. The Bertz CT molecular complexity index is 468. The number of rotatable bonds is 6. The first-order valence-corrected chi connectivity index (χ1v) is 7.24. The van der Waals surface area contributed by atoms with Gasteiger partial charge in [0.15, 0.2) is 0 Å². The smallest absolute Gasteiger partial charge is 0.251 e. The standard InChI is InChI=1S/C16H24N2O2/c1-4-18(3)14-9-5-12(6-10-14)15(20)17-16(2,11-19)13-7-8-13/h5-6,9-10,13,19H,4,7-8,11H2,1-3H3,(H,17,20). The average molecular weight is 276 g/mol. The van der Waals surface area contributed by atoms with Crippen molar-refractivity contribution in [1.82, 2.24) is 5.32 Å². The van der Waals surface area contributed by atoms with Gasteiger partial charge in [-0.25, -0.2) is 0 Å². The van der Waals surface area contributed by atoms with Crippen molar-refractivity contribution in [2.75, 3.05) is 25.1 Å². The Kier molecular flexibility index (Phi) is 4.33. The van der Waals surface area contributed by atoms with Crippen LogP contribution in [0.3, 0.4) is 0 Å². The van der Waals surface area contributed by atoms with Gasteiger partial charge in [0.05, 0.1) is 12.1 Å². The molecule has 1 unspecified atom stereocenters. The predicted molar refractivity (Wildman–Crippen MR) is 81.1 cm³/mol. The summed E-state index contributed by atoms with van der Waals surface area (Å²) in [6.07, 6.45) is 2.16. The van der Waals surface area contributed by atoms with Crippen LogP contribution in [-0.2, 0) is 0 Å². The zero-order valence-electron chi connectivity index (χ0n) is 12.5. The summed E-state index contributed by atoms with van der Waals surface area (Å²) in [6.45, 7) is 4.92. The van der Waals surface area contributed by atoms with Gasteiger partial charge in [0.1, 0.15) is 0 Å². The van der Waals surface area contributed by atoms with Crippen molar-refractivity contribution in [3.05, 3.63) is 29.8 Å². The van der Waals surface area contributed by atoms with Crippen LogP contribution < -0.4 is 10.2 Å². The van der Waals surface area contributed by atoms with Crippen molar-refractivity contribution in [3.63, 3.8) is 0 Å². The molecule has 110 valence electrons. The number of nitrogens with one attached hydrogen (secondary N) is 1. The molecule has 1 fully saturated rings. The van der Waals surface area contributed by atoms with E-state index in [1.807, 2.05) is 38.2 Å². The van der Waals surface area contributed by atoms with E-state index in [2.05, 4.69) is 17.1 Å². The van der Waals surface area contributed by atoms with E-state index in [-0.39, 0.29) is 12.5 Å². The first kappa shape index (κ1) is 14.9. The third kappa shape index (κ3) is 3.12. The van der Waals surface area contributed by atoms with Gasteiger partial charge in [-0.1, -0.05) is 0 Å². The molecule has 2 rings (SSSR count). The summed E-state index contributed by atoms with van der Waals surface area (Å²) in [5.74, 6) is 0.293. The van der Waals surface area contributed by atoms with Crippen LogP contribution in [0.15, 0.2) is 24.3 Å². The van der Waals surface area contributed by atoms with Crippen molar-refractivity contribution in [1.29, 1.82) is 0 Å². The Morgan fingerprint density at radius 1 is 1.40 bits per heavy atom. The highest BCUT2D eigenvalue weighted by Gasteiger charge is 2.42. The van der Waals surface area contributed by atoms with Crippen LogP contribution in [0.1, 0.15) is 37.0 Å². The molecule has 1 amide bonds. The quantitative estimate of drug-likeness (QED) is 0.836. The number of aliphatic hydroxyl groups is 1. The Labute approximate surface area is 120 Å². The normalized spacial score (nSPS) is 17.4. The van der Waals surface area contributed by atoms with E-state index in [0.717, 1.165) is 25.1 Å². The summed E-state index contributed by atoms with van der Waals surface area (Å²) in [6, 6.07) is 7.57. The maximum absolute atomic E-state index is 12.3. The van der Waals surface area contributed by atoms with Gasteiger partial charge in [-0.3, -0.25) is 4.79 Å². The van der Waals surface area contributed by atoms with E-state index in [1.54, 1.807) is 0 Å². The van der Waals surface area contributed by atoms with Crippen LogP contribution in [0.5, 0.6) is 0 Å². The third-order valence-corrected chi connectivity index (χ3v) is 4.25. The number of nitrogens with zero attached hydrogens (tertiary/aromatic N) is 1. The highest BCUT2D eigenvalue weighted by molar-refractivity contribution is 5.95. The van der Waals surface area contributed by atoms with Crippen LogP contribution in [0, 0.1) is 5.92 Å². The molecule has 4 nitrogen and oxygen atoms in total. The van der Waals surface area contributed by atoms with Crippen molar-refractivity contribution in [2.45, 2.75) is 32.2 Å². The minimum Gasteiger partial charge on any atom is -0.394 e. The molecular weight excluding hydrogens is 252 g/mol. The van der Waals surface area contributed by atoms with Crippen molar-refractivity contribution < 1.29 is 9.90 Å². The fourth-order valence-electron chi connectivity index (χ4n) is 2.37. The molecule has 0 saturated heterocycles. The van der Waals surface area contributed by atoms with Crippen LogP contribution in [0.2, 0.25) is 0 Å². The van der Waals surface area contributed by atoms with Gasteiger partial charge in [-0.15, -0.1) is 0 Å². The van der Waals surface area contributed by atoms with E-state index >= 15 is 0 Å². The lowest BCUT2D eigenvalue weighted by atomic mass is 9.96. The SMILES string of the molecule is CCN(C)c1ccc(C(=O)NC(C)(CO)C2CC2)cc1. The molecule has 2 N–H and O–H groups in total. The van der Waals surface area contributed by atoms with Crippen LogP contribution in [-0.4, -0.2) is 36.8 Å². The molecule has 4 heteroatoms. The number of hydrogen-bond donors (Lipinski definition) is 2. The first-order valence-electron chi connectivity index (χ1n) is 7.24. The number of hydrogen-bond acceptors (Lipinski definition) is 3. The van der Waals surface area contributed by atoms with Gasteiger partial charge in [-0.2, -0.15) is 0 Å². The molecule has 1 saturated carbocycles. The van der Waals surface area contributed by atoms with Crippen molar-refractivity contribution in [2.24, 2.45) is 5.92 Å². The van der Waals surface area contributed by atoms with E-state index in [4.69, 9.17) is 0 Å². The molecular formula is C16H24N2O2. The molecule has 1 aromatic rings. The van der Waals surface area contributed by atoms with E-state index in [9.17, 15) is 9.90 Å². The zero-order valence-corrected chi connectivity index (χ0v) is 12.5. The van der Waals surface area contributed by atoms with E-state index in [0.29, 0.717) is 11.5 Å². The fourth-order valence-corrected chi connectivity index (χ4v) is 2.37. The van der Waals surface area contributed by atoms with Crippen LogP contribution >= 0.6 is 0 Å². The summed E-state index contributed by atoms with van der Waals surface area (Å²) in [5, 5.41) is 12.5. The zero-order chi connectivity index (χ0) is 14.8. The first-order chi connectivity index (χ1) is 9.50. The topological polar surface area (TPSA) is 52.6 Å². The molecule has 0 spiro atoms. The minimum absolute atomic E-state index is 0.0138. The Morgan fingerprint density at radius 2 is 2.00 bits per heavy atom. The number of anilines is 1. The second-order valence-electron chi connectivity index (χ2n) is 5.87. The fraction of sp³-hybridized carbons (Fsp3) is 0.562. The van der Waals surface area contributed by atoms with Gasteiger partial charge in [0.25, 0.3) is 5.91 Å².